The van der Waals surface area contributed by atoms with E-state index < -0.39 is 5.92 Å². The fourth-order valence-corrected chi connectivity index (χ4v) is 1.23. The van der Waals surface area contributed by atoms with Crippen LogP contribution in [0.3, 0.4) is 0 Å². The molecule has 1 unspecified atom stereocenters. The van der Waals surface area contributed by atoms with Gasteiger partial charge in [-0.25, -0.2) is 9.97 Å². The van der Waals surface area contributed by atoms with E-state index in [1.165, 1.54) is 0 Å². The first-order chi connectivity index (χ1) is 7.24. The van der Waals surface area contributed by atoms with Crippen LogP contribution in [0.25, 0.3) is 0 Å². The van der Waals surface area contributed by atoms with Gasteiger partial charge in [-0.05, 0) is 18.9 Å². The summed E-state index contributed by atoms with van der Waals surface area (Å²) in [5, 5.41) is 7.05. The average molecular weight is 205 g/mol. The summed E-state index contributed by atoms with van der Waals surface area (Å²) in [7, 11) is 0. The van der Waals surface area contributed by atoms with Gasteiger partial charge in [0.05, 0.1) is 11.8 Å². The Morgan fingerprint density at radius 2 is 2.20 bits per heavy atom. The second-order valence-electron chi connectivity index (χ2n) is 3.19. The first-order valence-corrected chi connectivity index (χ1v) is 4.71. The molecule has 0 saturated heterocycles. The van der Waals surface area contributed by atoms with E-state index in [1.807, 2.05) is 6.29 Å². The lowest BCUT2D eigenvalue weighted by Crippen LogP contribution is -2.11. The Labute approximate surface area is 88.2 Å². The van der Waals surface area contributed by atoms with Crippen LogP contribution in [0.15, 0.2) is 18.5 Å². The zero-order valence-corrected chi connectivity index (χ0v) is 8.31. The predicted molar refractivity (Wildman–Crippen MR) is 56.2 cm³/mol. The van der Waals surface area contributed by atoms with Gasteiger partial charge in [0.2, 0.25) is 6.29 Å². The first-order valence-electron chi connectivity index (χ1n) is 4.71. The van der Waals surface area contributed by atoms with E-state index in [-0.39, 0.29) is 5.84 Å². The largest absolute Gasteiger partial charge is 0.388 e. The van der Waals surface area contributed by atoms with Crippen LogP contribution in [0, 0.1) is 5.41 Å². The van der Waals surface area contributed by atoms with Crippen molar-refractivity contribution < 1.29 is 4.79 Å². The molecule has 79 valence electrons. The molecule has 5 heteroatoms. The molecule has 3 N–H and O–H groups in total. The van der Waals surface area contributed by atoms with Crippen molar-refractivity contribution in [1.29, 1.82) is 5.41 Å². The number of nitrogens with two attached hydrogens (primary N) is 1. The quantitative estimate of drug-likeness (QED) is 0.530. The maximum Gasteiger partial charge on any atom is 0.209 e. The van der Waals surface area contributed by atoms with Gasteiger partial charge in [0.1, 0.15) is 5.82 Å². The highest BCUT2D eigenvalue weighted by Gasteiger charge is 2.13. The molecule has 0 spiro atoms. The van der Waals surface area contributed by atoms with Gasteiger partial charge in [-0.3, -0.25) is 10.2 Å². The molecule has 1 aromatic heterocycles. The second kappa shape index (κ2) is 5.85. The number of hydrogen-bond donors (Lipinski definition) is 2. The number of carbonyl (C=O) groups excluding carboxylic acids is 1. The molecule has 0 bridgehead atoms. The summed E-state index contributed by atoms with van der Waals surface area (Å²) in [5.41, 5.74) is 5.21. The molecule has 1 atom stereocenters. The Hall–Kier alpha value is -1.78. The van der Waals surface area contributed by atoms with Crippen LogP contribution in [0.5, 0.6) is 0 Å². The molecule has 1 aromatic rings. The summed E-state index contributed by atoms with van der Waals surface area (Å²) in [6, 6.07) is 1.70. The van der Waals surface area contributed by atoms with Gasteiger partial charge in [0.15, 0.2) is 0 Å². The molecule has 0 amide bonds. The van der Waals surface area contributed by atoms with E-state index in [0.717, 1.165) is 0 Å². The molecule has 1 heterocycles. The highest BCUT2D eigenvalue weighted by molar-refractivity contribution is 5.76. The monoisotopic (exact) mass is 205 g/mol. The molecule has 15 heavy (non-hydrogen) atoms. The number of aromatic nitrogens is 2. The third-order valence-electron chi connectivity index (χ3n) is 1.98. The Kier molecular flexibility index (Phi) is 4.40. The van der Waals surface area contributed by atoms with Gasteiger partial charge in [-0.2, -0.15) is 0 Å². The Bertz CT molecular complexity index is 325. The Morgan fingerprint density at radius 1 is 1.53 bits per heavy atom. The average Bonchev–Trinajstić information content (AvgIpc) is 2.25. The topological polar surface area (TPSA) is 92.7 Å². The Balaban J connectivity index is 2.50. The van der Waals surface area contributed by atoms with Crippen molar-refractivity contribution >= 4 is 12.1 Å². The molecular formula is C10H13N4O. The van der Waals surface area contributed by atoms with Crippen molar-refractivity contribution in [3.05, 3.63) is 24.3 Å². The van der Waals surface area contributed by atoms with Gasteiger partial charge >= 0.3 is 0 Å². The minimum atomic E-state index is -0.412. The molecule has 1 rings (SSSR count). The lowest BCUT2D eigenvalue weighted by Gasteiger charge is -2.06. The van der Waals surface area contributed by atoms with Crippen molar-refractivity contribution in [2.75, 3.05) is 0 Å². The molecule has 0 aliphatic carbocycles. The maximum absolute atomic E-state index is 10.7. The molecule has 0 aliphatic heterocycles. The minimum Gasteiger partial charge on any atom is -0.388 e. The molecule has 0 saturated carbocycles. The van der Waals surface area contributed by atoms with Crippen molar-refractivity contribution in [2.24, 2.45) is 5.73 Å². The van der Waals surface area contributed by atoms with Crippen LogP contribution in [0.1, 0.15) is 31.0 Å². The van der Waals surface area contributed by atoms with Gasteiger partial charge in [-0.1, -0.05) is 0 Å². The van der Waals surface area contributed by atoms with E-state index in [0.29, 0.717) is 25.1 Å². The summed E-state index contributed by atoms with van der Waals surface area (Å²) in [6.45, 7) is 0. The van der Waals surface area contributed by atoms with E-state index in [1.54, 1.807) is 18.5 Å². The number of rotatable bonds is 6. The van der Waals surface area contributed by atoms with Gasteiger partial charge in [0.25, 0.3) is 0 Å². The molecule has 0 aliphatic rings. The second-order valence-corrected chi connectivity index (χ2v) is 3.19. The lowest BCUT2D eigenvalue weighted by molar-refractivity contribution is 0.529. The summed E-state index contributed by atoms with van der Waals surface area (Å²) in [4.78, 5) is 18.7. The number of nitrogens with zero attached hydrogens (tertiary/aromatic N) is 2. The third-order valence-corrected chi connectivity index (χ3v) is 1.98. The van der Waals surface area contributed by atoms with E-state index in [4.69, 9.17) is 11.1 Å². The highest BCUT2D eigenvalue weighted by atomic mass is 16.1. The molecule has 5 nitrogen and oxygen atoms in total. The number of nitrogens with one attached hydrogen (secondary N) is 1. The SMILES string of the molecule is N=C(N)CCCC([C]=O)c1ncccn1. The fourth-order valence-electron chi connectivity index (χ4n) is 1.23. The predicted octanol–water partition coefficient (Wildman–Crippen LogP) is 0.776. The molecule has 0 fully saturated rings. The van der Waals surface area contributed by atoms with Crippen molar-refractivity contribution in [3.63, 3.8) is 0 Å². The summed E-state index contributed by atoms with van der Waals surface area (Å²) < 4.78 is 0. The van der Waals surface area contributed by atoms with Crippen LogP contribution in [-0.4, -0.2) is 22.1 Å². The van der Waals surface area contributed by atoms with Crippen molar-refractivity contribution in [2.45, 2.75) is 25.2 Å². The van der Waals surface area contributed by atoms with E-state index >= 15 is 0 Å². The number of amidine groups is 1. The van der Waals surface area contributed by atoms with E-state index in [9.17, 15) is 4.79 Å². The van der Waals surface area contributed by atoms with E-state index in [2.05, 4.69) is 9.97 Å². The maximum atomic E-state index is 10.7. The molecular weight excluding hydrogens is 192 g/mol. The zero-order chi connectivity index (χ0) is 11.1. The summed E-state index contributed by atoms with van der Waals surface area (Å²) in [6.07, 6.45) is 6.84. The molecule has 1 radical (unpaired) electrons. The Morgan fingerprint density at radius 3 is 2.73 bits per heavy atom. The van der Waals surface area contributed by atoms with Crippen LogP contribution >= 0.6 is 0 Å². The normalized spacial score (nSPS) is 12.0. The van der Waals surface area contributed by atoms with Gasteiger partial charge in [-0.15, -0.1) is 0 Å². The zero-order valence-electron chi connectivity index (χ0n) is 8.31. The lowest BCUT2D eigenvalue weighted by atomic mass is 10.0. The van der Waals surface area contributed by atoms with Crippen LogP contribution in [0.2, 0.25) is 0 Å². The summed E-state index contributed by atoms with van der Waals surface area (Å²) in [5.74, 6) is 0.204. The van der Waals surface area contributed by atoms with Crippen molar-refractivity contribution in [1.82, 2.24) is 9.97 Å². The number of hydrogen-bond acceptors (Lipinski definition) is 4. The third kappa shape index (κ3) is 3.84. The van der Waals surface area contributed by atoms with Crippen molar-refractivity contribution in [3.8, 4) is 0 Å². The fraction of sp³-hybridized carbons (Fsp3) is 0.400. The van der Waals surface area contributed by atoms with Crippen LogP contribution in [-0.2, 0) is 4.79 Å². The van der Waals surface area contributed by atoms with Crippen LogP contribution < -0.4 is 5.73 Å². The molecule has 0 aromatic carbocycles. The highest BCUT2D eigenvalue weighted by Crippen LogP contribution is 2.15. The first kappa shape index (κ1) is 11.3. The van der Waals surface area contributed by atoms with Gasteiger partial charge < -0.3 is 5.73 Å². The van der Waals surface area contributed by atoms with Crippen LogP contribution in [0.4, 0.5) is 0 Å². The summed E-state index contributed by atoms with van der Waals surface area (Å²) >= 11 is 0. The minimum absolute atomic E-state index is 0.133. The van der Waals surface area contributed by atoms with Gasteiger partial charge in [0, 0.05) is 18.8 Å². The smallest absolute Gasteiger partial charge is 0.209 e. The standard InChI is InChI=1S/C10H13N4O/c11-9(12)4-1-3-8(7-15)10-13-5-2-6-14-10/h2,5-6,8H,1,3-4H2,(H3,11,12).